The Kier molecular flexibility index (Phi) is 6.35. The highest BCUT2D eigenvalue weighted by Crippen LogP contribution is 2.33. The van der Waals surface area contributed by atoms with Crippen molar-refractivity contribution < 1.29 is 23.0 Å². The van der Waals surface area contributed by atoms with Crippen LogP contribution in [0.3, 0.4) is 0 Å². The number of H-pyrrole nitrogens is 1. The number of methoxy groups -OCH3 is 1. The predicted octanol–water partition coefficient (Wildman–Crippen LogP) is 5.34. The van der Waals surface area contributed by atoms with Crippen molar-refractivity contribution in [1.82, 2.24) is 10.3 Å². The average Bonchev–Trinajstić information content (AvgIpc) is 3.23. The summed E-state index contributed by atoms with van der Waals surface area (Å²) in [6.07, 6.45) is 1.94. The number of carbonyl (C=O) groups is 1. The maximum atomic E-state index is 13.0. The number of amides is 1. The zero-order valence-electron chi connectivity index (χ0n) is 17.3. The van der Waals surface area contributed by atoms with E-state index in [0.717, 1.165) is 22.0 Å². The Morgan fingerprint density at radius 3 is 2.50 bits per heavy atom. The monoisotopic (exact) mass is 436 g/mol. The lowest BCUT2D eigenvalue weighted by molar-refractivity contribution is -0.0515. The zero-order valence-corrected chi connectivity index (χ0v) is 17.3. The molecule has 1 aromatic heterocycles. The van der Waals surface area contributed by atoms with Crippen LogP contribution in [-0.4, -0.2) is 31.2 Å². The predicted molar refractivity (Wildman–Crippen MR) is 119 cm³/mol. The number of carbonyl (C=O) groups excluding carboxylic acids is 1. The number of aromatic nitrogens is 1. The van der Waals surface area contributed by atoms with Crippen LogP contribution in [-0.2, 0) is 0 Å². The van der Waals surface area contributed by atoms with Gasteiger partial charge >= 0.3 is 6.61 Å². The molecule has 2 N–H and O–H groups in total. The van der Waals surface area contributed by atoms with Gasteiger partial charge in [-0.3, -0.25) is 4.79 Å². The minimum absolute atomic E-state index is 0.0182. The minimum Gasteiger partial charge on any atom is -0.493 e. The van der Waals surface area contributed by atoms with Crippen molar-refractivity contribution in [1.29, 1.82) is 0 Å². The minimum atomic E-state index is -3.08. The summed E-state index contributed by atoms with van der Waals surface area (Å²) < 4.78 is 35.6. The fraction of sp³-hybridized carbons (Fsp3) is 0.160. The molecule has 1 amide bonds. The fourth-order valence-corrected chi connectivity index (χ4v) is 3.83. The first-order valence-corrected chi connectivity index (χ1v) is 10.1. The Hall–Kier alpha value is -3.87. The largest absolute Gasteiger partial charge is 0.493 e. The topological polar surface area (TPSA) is 63.3 Å². The van der Waals surface area contributed by atoms with E-state index in [4.69, 9.17) is 4.74 Å². The summed E-state index contributed by atoms with van der Waals surface area (Å²) in [6.45, 7) is -2.82. The van der Waals surface area contributed by atoms with Gasteiger partial charge in [0, 0.05) is 29.6 Å². The molecule has 0 aliphatic heterocycles. The van der Waals surface area contributed by atoms with Crippen molar-refractivity contribution in [2.45, 2.75) is 12.5 Å². The molecule has 0 spiro atoms. The van der Waals surface area contributed by atoms with Crippen LogP contribution in [0.25, 0.3) is 10.9 Å². The molecule has 0 radical (unpaired) electrons. The molecule has 5 nitrogen and oxygen atoms in total. The van der Waals surface area contributed by atoms with Gasteiger partial charge in [0.25, 0.3) is 5.91 Å². The molecule has 0 fully saturated rings. The molecule has 164 valence electrons. The van der Waals surface area contributed by atoms with E-state index in [2.05, 4.69) is 15.0 Å². The number of benzene rings is 3. The van der Waals surface area contributed by atoms with Crippen LogP contribution in [0, 0.1) is 0 Å². The number of aromatic amines is 1. The summed E-state index contributed by atoms with van der Waals surface area (Å²) in [4.78, 5) is 16.3. The Balaban J connectivity index is 1.64. The van der Waals surface area contributed by atoms with Crippen LogP contribution < -0.4 is 14.8 Å². The van der Waals surface area contributed by atoms with Crippen LogP contribution in [0.5, 0.6) is 11.5 Å². The standard InChI is InChI=1S/C25H22F2N2O3/c1-31-22-13-7-11-18(23(22)32-25(26)27)24(30)29-14-19(16-8-3-2-4-9-16)20-15-28-21-12-6-5-10-17(20)21/h2-13,15,19,25,28H,14H2,1H3,(H,29,30). The van der Waals surface area contributed by atoms with Crippen LogP contribution in [0.2, 0.25) is 0 Å². The summed E-state index contributed by atoms with van der Waals surface area (Å²) >= 11 is 0. The highest BCUT2D eigenvalue weighted by atomic mass is 19.3. The second-order valence-corrected chi connectivity index (χ2v) is 7.18. The Morgan fingerprint density at radius 2 is 1.75 bits per heavy atom. The molecule has 1 unspecified atom stereocenters. The van der Waals surface area contributed by atoms with Crippen molar-refractivity contribution in [3.63, 3.8) is 0 Å². The van der Waals surface area contributed by atoms with Crippen LogP contribution in [0.15, 0.2) is 79.0 Å². The maximum Gasteiger partial charge on any atom is 0.387 e. The number of hydrogen-bond acceptors (Lipinski definition) is 3. The summed E-state index contributed by atoms with van der Waals surface area (Å²) in [5.41, 5.74) is 3.03. The smallest absolute Gasteiger partial charge is 0.387 e. The molecule has 7 heteroatoms. The second-order valence-electron chi connectivity index (χ2n) is 7.18. The second kappa shape index (κ2) is 9.51. The third-order valence-electron chi connectivity index (χ3n) is 5.32. The first kappa shape index (κ1) is 21.4. The van der Waals surface area contributed by atoms with Crippen LogP contribution >= 0.6 is 0 Å². The van der Waals surface area contributed by atoms with E-state index < -0.39 is 12.5 Å². The molecule has 3 aromatic carbocycles. The summed E-state index contributed by atoms with van der Waals surface area (Å²) in [5.74, 6) is -0.901. The quantitative estimate of drug-likeness (QED) is 0.392. The number of nitrogens with one attached hydrogen (secondary N) is 2. The maximum absolute atomic E-state index is 13.0. The first-order chi connectivity index (χ1) is 15.6. The summed E-state index contributed by atoms with van der Waals surface area (Å²) in [6, 6.07) is 22.2. The van der Waals surface area contributed by atoms with Gasteiger partial charge in [0.05, 0.1) is 12.7 Å². The lowest BCUT2D eigenvalue weighted by atomic mass is 9.91. The van der Waals surface area contributed by atoms with E-state index in [1.165, 1.54) is 19.2 Å². The third kappa shape index (κ3) is 4.42. The lowest BCUT2D eigenvalue weighted by Gasteiger charge is -2.19. The normalized spacial score (nSPS) is 12.0. The van der Waals surface area contributed by atoms with Crippen molar-refractivity contribution in [3.8, 4) is 11.5 Å². The number of alkyl halides is 2. The van der Waals surface area contributed by atoms with E-state index >= 15 is 0 Å². The number of rotatable bonds is 8. The van der Waals surface area contributed by atoms with Gasteiger partial charge < -0.3 is 19.8 Å². The molecule has 0 saturated carbocycles. The molecule has 0 aliphatic carbocycles. The Morgan fingerprint density at radius 1 is 1.00 bits per heavy atom. The van der Waals surface area contributed by atoms with E-state index in [-0.39, 0.29) is 29.5 Å². The SMILES string of the molecule is COc1cccc(C(=O)NCC(c2ccccc2)c2c[nH]c3ccccc23)c1OC(F)F. The molecule has 1 atom stereocenters. The number of ether oxygens (including phenoxy) is 2. The molecule has 0 bridgehead atoms. The van der Waals surface area contributed by atoms with Crippen molar-refractivity contribution in [3.05, 3.63) is 95.7 Å². The fourth-order valence-electron chi connectivity index (χ4n) is 3.83. The van der Waals surface area contributed by atoms with E-state index in [9.17, 15) is 13.6 Å². The molecular weight excluding hydrogens is 414 g/mol. The summed E-state index contributed by atoms with van der Waals surface area (Å²) in [5, 5.41) is 3.94. The molecule has 1 heterocycles. The number of fused-ring (bicyclic) bond motifs is 1. The number of halogens is 2. The van der Waals surface area contributed by atoms with Crippen molar-refractivity contribution >= 4 is 16.8 Å². The van der Waals surface area contributed by atoms with Gasteiger partial charge in [-0.1, -0.05) is 54.6 Å². The van der Waals surface area contributed by atoms with Gasteiger partial charge in [0.1, 0.15) is 0 Å². The molecule has 4 aromatic rings. The summed E-state index contributed by atoms with van der Waals surface area (Å²) in [7, 11) is 1.33. The van der Waals surface area contributed by atoms with Gasteiger partial charge in [-0.05, 0) is 29.3 Å². The van der Waals surface area contributed by atoms with Crippen LogP contribution in [0.4, 0.5) is 8.78 Å². The number of para-hydroxylation sites is 2. The van der Waals surface area contributed by atoms with Crippen LogP contribution in [0.1, 0.15) is 27.4 Å². The van der Waals surface area contributed by atoms with Gasteiger partial charge in [0.2, 0.25) is 0 Å². The molecule has 32 heavy (non-hydrogen) atoms. The van der Waals surface area contributed by atoms with Gasteiger partial charge in [-0.25, -0.2) is 0 Å². The van der Waals surface area contributed by atoms with Gasteiger partial charge in [-0.2, -0.15) is 8.78 Å². The molecule has 0 aliphatic rings. The number of hydrogen-bond donors (Lipinski definition) is 2. The molecule has 4 rings (SSSR count). The highest BCUT2D eigenvalue weighted by molar-refractivity contribution is 5.98. The first-order valence-electron chi connectivity index (χ1n) is 10.1. The van der Waals surface area contributed by atoms with Crippen molar-refractivity contribution in [2.24, 2.45) is 0 Å². The van der Waals surface area contributed by atoms with E-state index in [1.54, 1.807) is 6.07 Å². The Labute approximate surface area is 184 Å². The molecular formula is C25H22F2N2O3. The van der Waals surface area contributed by atoms with E-state index in [0.29, 0.717) is 0 Å². The average molecular weight is 436 g/mol. The van der Waals surface area contributed by atoms with Crippen molar-refractivity contribution in [2.75, 3.05) is 13.7 Å². The van der Waals surface area contributed by atoms with Gasteiger partial charge in [0.15, 0.2) is 11.5 Å². The molecule has 0 saturated heterocycles. The highest BCUT2D eigenvalue weighted by Gasteiger charge is 2.23. The zero-order chi connectivity index (χ0) is 22.5. The Bertz CT molecular complexity index is 1210. The third-order valence-corrected chi connectivity index (χ3v) is 5.32. The lowest BCUT2D eigenvalue weighted by Crippen LogP contribution is -2.29. The van der Waals surface area contributed by atoms with Gasteiger partial charge in [-0.15, -0.1) is 0 Å². The van der Waals surface area contributed by atoms with E-state index in [1.807, 2.05) is 60.8 Å².